The molecule has 33 heavy (non-hydrogen) atoms. The molecule has 1 unspecified atom stereocenters. The molecule has 0 heterocycles. The number of rotatable bonds is 9. The molecule has 0 aliphatic heterocycles. The van der Waals surface area contributed by atoms with Crippen LogP contribution in [0.4, 0.5) is 4.79 Å². The molecule has 0 radical (unpaired) electrons. The summed E-state index contributed by atoms with van der Waals surface area (Å²) in [6, 6.07) is 15.2. The van der Waals surface area contributed by atoms with E-state index in [0.29, 0.717) is 25.7 Å². The van der Waals surface area contributed by atoms with Gasteiger partial charge in [0.15, 0.2) is 0 Å². The van der Waals surface area contributed by atoms with Gasteiger partial charge in [-0.25, -0.2) is 9.59 Å². The number of fused-ring (bicyclic) bond motifs is 3. The van der Waals surface area contributed by atoms with E-state index in [1.54, 1.807) is 0 Å². The summed E-state index contributed by atoms with van der Waals surface area (Å²) in [7, 11) is 0. The van der Waals surface area contributed by atoms with Crippen LogP contribution in [0.5, 0.6) is 0 Å². The summed E-state index contributed by atoms with van der Waals surface area (Å²) < 4.78 is 5.59. The summed E-state index contributed by atoms with van der Waals surface area (Å²) in [5.74, 6) is -1.59. The van der Waals surface area contributed by atoms with Crippen LogP contribution in [0.25, 0.3) is 11.1 Å². The predicted octanol–water partition coefficient (Wildman–Crippen LogP) is 4.21. The lowest BCUT2D eigenvalue weighted by molar-refractivity contribution is -0.144. The van der Waals surface area contributed by atoms with Gasteiger partial charge in [0.05, 0.1) is 0 Å². The summed E-state index contributed by atoms with van der Waals surface area (Å²) in [4.78, 5) is 37.1. The van der Waals surface area contributed by atoms with Gasteiger partial charge in [0.2, 0.25) is 5.91 Å². The number of amides is 2. The van der Waals surface area contributed by atoms with Crippen molar-refractivity contribution < 1.29 is 24.2 Å². The molecule has 3 N–H and O–H groups in total. The van der Waals surface area contributed by atoms with Crippen LogP contribution >= 0.6 is 0 Å². The van der Waals surface area contributed by atoms with Crippen molar-refractivity contribution in [3.05, 3.63) is 59.7 Å². The lowest BCUT2D eigenvalue weighted by Crippen LogP contribution is -2.64. The summed E-state index contributed by atoms with van der Waals surface area (Å²) in [5, 5.41) is 14.8. The Morgan fingerprint density at radius 3 is 2.18 bits per heavy atom. The lowest BCUT2D eigenvalue weighted by atomic mass is 9.76. The molecule has 2 amide bonds. The molecule has 7 nitrogen and oxygen atoms in total. The summed E-state index contributed by atoms with van der Waals surface area (Å²) in [6.07, 6.45) is 2.94. The molecule has 0 saturated heterocycles. The third kappa shape index (κ3) is 4.58. The maximum Gasteiger partial charge on any atom is 0.408 e. The first-order valence-electron chi connectivity index (χ1n) is 11.6. The molecule has 174 valence electrons. The fourth-order valence-corrected chi connectivity index (χ4v) is 4.73. The zero-order chi connectivity index (χ0) is 23.4. The van der Waals surface area contributed by atoms with E-state index >= 15 is 0 Å². The van der Waals surface area contributed by atoms with Crippen molar-refractivity contribution in [1.29, 1.82) is 0 Å². The average molecular weight is 451 g/mol. The van der Waals surface area contributed by atoms with Crippen LogP contribution in [0, 0.1) is 0 Å². The number of alkyl carbamates (subject to hydrolysis) is 1. The molecule has 0 aromatic heterocycles. The second-order valence-electron chi connectivity index (χ2n) is 8.89. The highest BCUT2D eigenvalue weighted by Gasteiger charge is 2.47. The van der Waals surface area contributed by atoms with E-state index in [-0.39, 0.29) is 12.5 Å². The van der Waals surface area contributed by atoms with Crippen molar-refractivity contribution in [1.82, 2.24) is 10.6 Å². The maximum absolute atomic E-state index is 12.9. The topological polar surface area (TPSA) is 105 Å². The highest BCUT2D eigenvalue weighted by Crippen LogP contribution is 2.44. The molecule has 2 aromatic carbocycles. The largest absolute Gasteiger partial charge is 0.480 e. The van der Waals surface area contributed by atoms with Crippen LogP contribution in [0.2, 0.25) is 0 Å². The molecule has 7 heteroatoms. The molecule has 2 aliphatic rings. The normalized spacial score (nSPS) is 16.6. The Bertz CT molecular complexity index is 1000. The van der Waals surface area contributed by atoms with Gasteiger partial charge < -0.3 is 20.5 Å². The first-order chi connectivity index (χ1) is 15.9. The van der Waals surface area contributed by atoms with Gasteiger partial charge in [0, 0.05) is 5.92 Å². The van der Waals surface area contributed by atoms with E-state index in [0.717, 1.165) is 35.1 Å². The van der Waals surface area contributed by atoms with Gasteiger partial charge in [-0.2, -0.15) is 0 Å². The van der Waals surface area contributed by atoms with Crippen molar-refractivity contribution in [2.24, 2.45) is 0 Å². The molecule has 1 saturated carbocycles. The Balaban J connectivity index is 1.40. The number of nitrogens with one attached hydrogen (secondary N) is 2. The molecule has 1 atom stereocenters. The smallest absolute Gasteiger partial charge is 0.408 e. The fourth-order valence-electron chi connectivity index (χ4n) is 4.73. The number of aliphatic carboxylic acids is 1. The average Bonchev–Trinajstić information content (AvgIpc) is 3.11. The number of hydrogen-bond donors (Lipinski definition) is 3. The predicted molar refractivity (Wildman–Crippen MR) is 124 cm³/mol. The highest BCUT2D eigenvalue weighted by molar-refractivity contribution is 5.93. The number of benzene rings is 2. The Hall–Kier alpha value is -3.35. The zero-order valence-corrected chi connectivity index (χ0v) is 18.8. The third-order valence-corrected chi connectivity index (χ3v) is 6.78. The standard InChI is InChI=1S/C26H30N2O5/c1-2-3-13-22(23(29)30)27-24(31)26(14-8-15-26)28-25(32)33-16-21-19-11-6-4-9-17(19)18-10-5-7-12-20(18)21/h4-7,9-12,21-22H,2-3,8,13-16H2,1H3,(H,27,31)(H,28,32)(H,29,30). The number of carbonyl (C=O) groups excluding carboxylic acids is 2. The van der Waals surface area contributed by atoms with Crippen LogP contribution in [-0.2, 0) is 14.3 Å². The van der Waals surface area contributed by atoms with Crippen LogP contribution in [-0.4, -0.2) is 41.3 Å². The maximum atomic E-state index is 12.9. The number of ether oxygens (including phenoxy) is 1. The van der Waals surface area contributed by atoms with Crippen LogP contribution in [0.15, 0.2) is 48.5 Å². The Labute approximate surface area is 193 Å². The molecule has 2 aromatic rings. The van der Waals surface area contributed by atoms with Gasteiger partial charge in [-0.3, -0.25) is 4.79 Å². The van der Waals surface area contributed by atoms with Crippen molar-refractivity contribution in [2.45, 2.75) is 62.9 Å². The Kier molecular flexibility index (Phi) is 6.67. The Morgan fingerprint density at radius 2 is 1.67 bits per heavy atom. The summed E-state index contributed by atoms with van der Waals surface area (Å²) in [5.41, 5.74) is 3.40. The lowest BCUT2D eigenvalue weighted by Gasteiger charge is -2.40. The van der Waals surface area contributed by atoms with Crippen molar-refractivity contribution in [3.8, 4) is 11.1 Å². The minimum atomic E-state index is -1.11. The molecule has 4 rings (SSSR count). The molecule has 0 bridgehead atoms. The van der Waals surface area contributed by atoms with Crippen LogP contribution in [0.1, 0.15) is 62.5 Å². The zero-order valence-electron chi connectivity index (χ0n) is 18.8. The molecular weight excluding hydrogens is 420 g/mol. The van der Waals surface area contributed by atoms with E-state index in [9.17, 15) is 19.5 Å². The van der Waals surface area contributed by atoms with Gasteiger partial charge in [0.25, 0.3) is 0 Å². The first-order valence-corrected chi connectivity index (χ1v) is 11.6. The highest BCUT2D eigenvalue weighted by atomic mass is 16.5. The molecular formula is C26H30N2O5. The van der Waals surface area contributed by atoms with Crippen molar-refractivity contribution >= 4 is 18.0 Å². The molecule has 0 spiro atoms. The summed E-state index contributed by atoms with van der Waals surface area (Å²) in [6.45, 7) is 2.12. The van der Waals surface area contributed by atoms with Gasteiger partial charge in [-0.1, -0.05) is 68.3 Å². The SMILES string of the molecule is CCCCC(NC(=O)C1(NC(=O)OCC2c3ccccc3-c3ccccc32)CCC1)C(=O)O. The number of hydrogen-bond acceptors (Lipinski definition) is 4. The second-order valence-corrected chi connectivity index (χ2v) is 8.89. The van der Waals surface area contributed by atoms with Gasteiger partial charge in [-0.15, -0.1) is 0 Å². The number of carboxylic acid groups (broad SMARTS) is 1. The first kappa shape index (κ1) is 22.8. The second kappa shape index (κ2) is 9.65. The van der Waals surface area contributed by atoms with Crippen LogP contribution in [0.3, 0.4) is 0 Å². The van der Waals surface area contributed by atoms with Crippen molar-refractivity contribution in [2.75, 3.05) is 6.61 Å². The van der Waals surface area contributed by atoms with Crippen LogP contribution < -0.4 is 10.6 Å². The molecule has 1 fully saturated rings. The van der Waals surface area contributed by atoms with E-state index in [2.05, 4.69) is 22.8 Å². The number of carboxylic acids is 1. The fraction of sp³-hybridized carbons (Fsp3) is 0.423. The minimum absolute atomic E-state index is 0.0697. The van der Waals surface area contributed by atoms with E-state index in [1.807, 2.05) is 43.3 Å². The van der Waals surface area contributed by atoms with Gasteiger partial charge in [0.1, 0.15) is 18.2 Å². The van der Waals surface area contributed by atoms with Gasteiger partial charge in [-0.05, 0) is 47.9 Å². The minimum Gasteiger partial charge on any atom is -0.480 e. The monoisotopic (exact) mass is 450 g/mol. The summed E-state index contributed by atoms with van der Waals surface area (Å²) >= 11 is 0. The Morgan fingerprint density at radius 1 is 1.06 bits per heavy atom. The number of carbonyl (C=O) groups is 3. The quantitative estimate of drug-likeness (QED) is 0.531. The van der Waals surface area contributed by atoms with Gasteiger partial charge >= 0.3 is 12.1 Å². The number of unbranched alkanes of at least 4 members (excludes halogenated alkanes) is 1. The third-order valence-electron chi connectivity index (χ3n) is 6.78. The van der Waals surface area contributed by atoms with Crippen molar-refractivity contribution in [3.63, 3.8) is 0 Å². The van der Waals surface area contributed by atoms with E-state index < -0.39 is 29.6 Å². The molecule has 2 aliphatic carbocycles. The van der Waals surface area contributed by atoms with E-state index in [4.69, 9.17) is 4.74 Å². The van der Waals surface area contributed by atoms with E-state index in [1.165, 1.54) is 0 Å².